The average Bonchev–Trinajstić information content (AvgIpc) is 3.26. The Kier molecular flexibility index (Phi) is 46.5. The summed E-state index contributed by atoms with van der Waals surface area (Å²) in [5.41, 5.74) is 0. The Morgan fingerprint density at radius 2 is 0.738 bits per heavy atom. The fourth-order valence-corrected chi connectivity index (χ4v) is 6.67. The van der Waals surface area contributed by atoms with E-state index in [0.29, 0.717) is 12.8 Å². The molecule has 6 heteroatoms. The molecule has 0 bridgehead atoms. The third-order valence-corrected chi connectivity index (χ3v) is 10.4. The van der Waals surface area contributed by atoms with Gasteiger partial charge in [-0.2, -0.15) is 0 Å². The van der Waals surface area contributed by atoms with E-state index in [1.165, 1.54) is 83.5 Å². The van der Waals surface area contributed by atoms with Gasteiger partial charge in [0, 0.05) is 12.8 Å². The van der Waals surface area contributed by atoms with Crippen LogP contribution in [0.5, 0.6) is 0 Å². The summed E-state index contributed by atoms with van der Waals surface area (Å²) >= 11 is 0. The van der Waals surface area contributed by atoms with Gasteiger partial charge >= 0.3 is 17.9 Å². The number of carbonyl (C=O) groups excluding carboxylic acids is 3. The van der Waals surface area contributed by atoms with E-state index < -0.39 is 12.1 Å². The van der Waals surface area contributed by atoms with Crippen molar-refractivity contribution >= 4 is 17.9 Å². The lowest BCUT2D eigenvalue weighted by Crippen LogP contribution is -2.30. The van der Waals surface area contributed by atoms with Gasteiger partial charge in [0.05, 0.1) is 6.42 Å². The molecular formula is C55H92O6. The van der Waals surface area contributed by atoms with Gasteiger partial charge in [0.1, 0.15) is 13.2 Å². The molecule has 0 radical (unpaired) electrons. The lowest BCUT2D eigenvalue weighted by Gasteiger charge is -2.18. The summed E-state index contributed by atoms with van der Waals surface area (Å²) in [7, 11) is 0. The van der Waals surface area contributed by atoms with Crippen LogP contribution in [-0.2, 0) is 28.6 Å². The lowest BCUT2D eigenvalue weighted by atomic mass is 10.0. The third-order valence-electron chi connectivity index (χ3n) is 10.4. The van der Waals surface area contributed by atoms with E-state index in [1.54, 1.807) is 6.08 Å². The zero-order chi connectivity index (χ0) is 44.4. The van der Waals surface area contributed by atoms with Crippen LogP contribution >= 0.6 is 0 Å². The molecule has 0 saturated carbocycles. The van der Waals surface area contributed by atoms with Crippen LogP contribution < -0.4 is 0 Å². The predicted octanol–water partition coefficient (Wildman–Crippen LogP) is 16.4. The van der Waals surface area contributed by atoms with Gasteiger partial charge in [-0.15, -0.1) is 0 Å². The second kappa shape index (κ2) is 49.2. The molecule has 1 atom stereocenters. The Bertz CT molecular complexity index is 1200. The van der Waals surface area contributed by atoms with Crippen LogP contribution in [0.25, 0.3) is 0 Å². The van der Waals surface area contributed by atoms with Crippen LogP contribution in [0.4, 0.5) is 0 Å². The van der Waals surface area contributed by atoms with Crippen LogP contribution in [0.15, 0.2) is 85.1 Å². The van der Waals surface area contributed by atoms with Crippen molar-refractivity contribution in [2.24, 2.45) is 0 Å². The first-order valence-corrected chi connectivity index (χ1v) is 25.1. The molecule has 0 aliphatic carbocycles. The third kappa shape index (κ3) is 47.5. The zero-order valence-corrected chi connectivity index (χ0v) is 39.7. The molecule has 1 unspecified atom stereocenters. The molecule has 0 spiro atoms. The normalized spacial score (nSPS) is 12.8. The standard InChI is InChI=1S/C55H92O6/c1-4-7-10-13-16-19-22-25-27-30-33-36-39-42-45-48-54(57)60-51-52(50-59-53(56)47-44-41-38-35-32-29-24-21-18-15-12-9-6-3)61-55(58)49-46-43-40-37-34-31-28-26-23-20-17-14-11-8-5-2/h7,10,12,15-16,19,21,24-25,27,33,36,42,45,52H,4-6,8-9,11,13-14,17-18,20,22-23,26,28-32,34-35,37-41,43-44,46-51H2,1-3H3/b10-7-,15-12-,19-16-,24-21-,27-25-,36-33-,45-42-. The molecule has 0 aliphatic heterocycles. The fraction of sp³-hybridized carbons (Fsp3) is 0.691. The zero-order valence-electron chi connectivity index (χ0n) is 39.7. The molecule has 0 saturated heterocycles. The summed E-state index contributed by atoms with van der Waals surface area (Å²) in [6.45, 7) is 6.35. The number of ether oxygens (including phenoxy) is 3. The van der Waals surface area contributed by atoms with E-state index in [1.807, 2.05) is 6.08 Å². The molecule has 0 fully saturated rings. The van der Waals surface area contributed by atoms with Crippen molar-refractivity contribution in [1.82, 2.24) is 0 Å². The summed E-state index contributed by atoms with van der Waals surface area (Å²) < 4.78 is 16.7. The number of carbonyl (C=O) groups is 3. The Hall–Kier alpha value is -3.41. The average molecular weight is 849 g/mol. The van der Waals surface area contributed by atoms with Gasteiger partial charge in [-0.3, -0.25) is 14.4 Å². The van der Waals surface area contributed by atoms with E-state index in [9.17, 15) is 14.4 Å². The number of hydrogen-bond acceptors (Lipinski definition) is 6. The second-order valence-electron chi connectivity index (χ2n) is 16.4. The molecule has 0 rings (SSSR count). The van der Waals surface area contributed by atoms with E-state index >= 15 is 0 Å². The van der Waals surface area contributed by atoms with E-state index in [2.05, 4.69) is 93.7 Å². The van der Waals surface area contributed by atoms with Crippen molar-refractivity contribution in [2.75, 3.05) is 13.2 Å². The maximum absolute atomic E-state index is 12.8. The van der Waals surface area contributed by atoms with Crippen molar-refractivity contribution in [1.29, 1.82) is 0 Å². The maximum atomic E-state index is 12.8. The summed E-state index contributed by atoms with van der Waals surface area (Å²) in [6, 6.07) is 0. The maximum Gasteiger partial charge on any atom is 0.309 e. The SMILES string of the molecule is CC/C=C\C/C=C\C/C=C\C/C=C\C/C=C\CC(=O)OCC(COC(=O)CCCCCCC/C=C\C/C=C\CCC)OC(=O)CCCCCCCCCCCCCCCCC. The number of hydrogen-bond donors (Lipinski definition) is 0. The van der Waals surface area contributed by atoms with Crippen molar-refractivity contribution in [3.63, 3.8) is 0 Å². The Morgan fingerprint density at radius 1 is 0.361 bits per heavy atom. The van der Waals surface area contributed by atoms with Crippen molar-refractivity contribution in [3.8, 4) is 0 Å². The van der Waals surface area contributed by atoms with E-state index in [4.69, 9.17) is 14.2 Å². The molecule has 0 aliphatic rings. The predicted molar refractivity (Wildman–Crippen MR) is 261 cm³/mol. The molecule has 348 valence electrons. The van der Waals surface area contributed by atoms with Gasteiger partial charge < -0.3 is 14.2 Å². The number of allylic oxidation sites excluding steroid dienone is 13. The summed E-state index contributed by atoms with van der Waals surface area (Å²) in [5.74, 6) is -1.06. The quantitative estimate of drug-likeness (QED) is 0.0263. The monoisotopic (exact) mass is 849 g/mol. The van der Waals surface area contributed by atoms with Gasteiger partial charge in [0.15, 0.2) is 6.10 Å². The molecule has 0 aromatic carbocycles. The second-order valence-corrected chi connectivity index (χ2v) is 16.4. The first-order chi connectivity index (χ1) is 30.0. The fourth-order valence-electron chi connectivity index (χ4n) is 6.67. The minimum absolute atomic E-state index is 0.113. The molecule has 0 aromatic heterocycles. The van der Waals surface area contributed by atoms with Crippen LogP contribution in [-0.4, -0.2) is 37.2 Å². The highest BCUT2D eigenvalue weighted by Gasteiger charge is 2.19. The molecule has 0 N–H and O–H groups in total. The minimum atomic E-state index is -0.819. The first kappa shape index (κ1) is 57.6. The highest BCUT2D eigenvalue weighted by Crippen LogP contribution is 2.15. The van der Waals surface area contributed by atoms with Crippen molar-refractivity contribution in [3.05, 3.63) is 85.1 Å². The van der Waals surface area contributed by atoms with Crippen molar-refractivity contribution in [2.45, 2.75) is 232 Å². The molecule has 6 nitrogen and oxygen atoms in total. The van der Waals surface area contributed by atoms with Gasteiger partial charge in [0.25, 0.3) is 0 Å². The Morgan fingerprint density at radius 3 is 1.21 bits per heavy atom. The largest absolute Gasteiger partial charge is 0.462 e. The van der Waals surface area contributed by atoms with Crippen LogP contribution in [0, 0.1) is 0 Å². The minimum Gasteiger partial charge on any atom is -0.462 e. The molecule has 0 amide bonds. The van der Waals surface area contributed by atoms with Crippen LogP contribution in [0.2, 0.25) is 0 Å². The smallest absolute Gasteiger partial charge is 0.309 e. The molecular weight excluding hydrogens is 757 g/mol. The Labute approximate surface area is 375 Å². The molecule has 61 heavy (non-hydrogen) atoms. The highest BCUT2D eigenvalue weighted by molar-refractivity contribution is 5.72. The summed E-state index contributed by atoms with van der Waals surface area (Å²) in [5, 5.41) is 0. The Balaban J connectivity index is 4.52. The van der Waals surface area contributed by atoms with Gasteiger partial charge in [-0.05, 0) is 70.6 Å². The lowest BCUT2D eigenvalue weighted by molar-refractivity contribution is -0.166. The van der Waals surface area contributed by atoms with E-state index in [0.717, 1.165) is 103 Å². The van der Waals surface area contributed by atoms with E-state index in [-0.39, 0.29) is 31.6 Å². The van der Waals surface area contributed by atoms with Gasteiger partial charge in [0.2, 0.25) is 0 Å². The van der Waals surface area contributed by atoms with Gasteiger partial charge in [-0.25, -0.2) is 0 Å². The van der Waals surface area contributed by atoms with Crippen LogP contribution in [0.3, 0.4) is 0 Å². The molecule has 0 aromatic rings. The topological polar surface area (TPSA) is 78.9 Å². The van der Waals surface area contributed by atoms with Gasteiger partial charge in [-0.1, -0.05) is 221 Å². The summed E-state index contributed by atoms with van der Waals surface area (Å²) in [4.78, 5) is 37.9. The number of rotatable bonds is 44. The first-order valence-electron chi connectivity index (χ1n) is 25.1. The molecule has 0 heterocycles. The number of unbranched alkanes of at least 4 members (excludes halogenated alkanes) is 20. The van der Waals surface area contributed by atoms with Crippen LogP contribution in [0.1, 0.15) is 226 Å². The highest BCUT2D eigenvalue weighted by atomic mass is 16.6. The van der Waals surface area contributed by atoms with Crippen molar-refractivity contribution < 1.29 is 28.6 Å². The summed E-state index contributed by atoms with van der Waals surface area (Å²) in [6.07, 6.45) is 63.0. The number of esters is 3.